The fourth-order valence-electron chi connectivity index (χ4n) is 3.09. The van der Waals surface area contributed by atoms with Crippen LogP contribution in [0.2, 0.25) is 0 Å². The summed E-state index contributed by atoms with van der Waals surface area (Å²) < 4.78 is 0. The first-order valence-electron chi connectivity index (χ1n) is 5.15. The molecule has 0 heterocycles. The molecule has 2 heteroatoms. The van der Waals surface area contributed by atoms with Crippen molar-refractivity contribution in [3.05, 3.63) is 47.5 Å². The molecule has 2 aromatic rings. The van der Waals surface area contributed by atoms with Gasteiger partial charge in [-0.25, -0.2) is 0 Å². The third kappa shape index (κ3) is 0.926. The van der Waals surface area contributed by atoms with Crippen LogP contribution in [-0.2, 0) is 0 Å². The third-order valence-electron chi connectivity index (χ3n) is 3.76. The lowest BCUT2D eigenvalue weighted by Crippen LogP contribution is -2.05. The second kappa shape index (κ2) is 2.75. The van der Waals surface area contributed by atoms with Crippen molar-refractivity contribution in [1.82, 2.24) is 0 Å². The average Bonchev–Trinajstić information content (AvgIpc) is 2.74. The molecule has 0 bridgehead atoms. The fraction of sp³-hybridized carbons (Fsp3) is 0.231. The van der Waals surface area contributed by atoms with Crippen molar-refractivity contribution in [1.29, 1.82) is 0 Å². The van der Waals surface area contributed by atoms with Crippen LogP contribution < -0.4 is 5.73 Å². The molecule has 0 spiro atoms. The van der Waals surface area contributed by atoms with Gasteiger partial charge in [-0.3, -0.25) is 0 Å². The Morgan fingerprint density at radius 3 is 1.93 bits per heavy atom. The molecule has 1 saturated carbocycles. The molecule has 1 fully saturated rings. The lowest BCUT2D eigenvalue weighted by Gasteiger charge is -2.06. The molecule has 4 rings (SSSR count). The molecular formula is C13H12ClN. The van der Waals surface area contributed by atoms with Crippen LogP contribution >= 0.6 is 12.4 Å². The third-order valence-corrected chi connectivity index (χ3v) is 3.76. The van der Waals surface area contributed by atoms with Gasteiger partial charge in [-0.05, 0) is 21.9 Å². The zero-order valence-electron chi connectivity index (χ0n) is 8.18. The van der Waals surface area contributed by atoms with Gasteiger partial charge in [0, 0.05) is 17.9 Å². The summed E-state index contributed by atoms with van der Waals surface area (Å²) in [5.41, 5.74) is 9.03. The predicted octanol–water partition coefficient (Wildman–Crippen LogP) is 2.78. The molecule has 0 amide bonds. The summed E-state index contributed by atoms with van der Waals surface area (Å²) in [6.07, 6.45) is 0. The Morgan fingerprint density at radius 1 is 0.867 bits per heavy atom. The lowest BCUT2D eigenvalue weighted by atomic mass is 10.0. The van der Waals surface area contributed by atoms with Crippen LogP contribution in [0.25, 0.3) is 10.8 Å². The maximum atomic E-state index is 6.06. The largest absolute Gasteiger partial charge is 0.327 e. The smallest absolute Gasteiger partial charge is 0.0191 e. The summed E-state index contributed by atoms with van der Waals surface area (Å²) in [7, 11) is 0. The van der Waals surface area contributed by atoms with Gasteiger partial charge < -0.3 is 5.73 Å². The van der Waals surface area contributed by atoms with Crippen molar-refractivity contribution in [3.8, 4) is 0 Å². The second-order valence-electron chi connectivity index (χ2n) is 4.42. The van der Waals surface area contributed by atoms with Crippen molar-refractivity contribution < 1.29 is 0 Å². The molecule has 76 valence electrons. The lowest BCUT2D eigenvalue weighted by molar-refractivity contribution is 0.976. The molecular weight excluding hydrogens is 206 g/mol. The molecule has 2 aromatic carbocycles. The fourth-order valence-corrected chi connectivity index (χ4v) is 3.09. The minimum Gasteiger partial charge on any atom is -0.327 e. The summed E-state index contributed by atoms with van der Waals surface area (Å²) in [4.78, 5) is 0. The standard InChI is InChI=1S/C13H11N.ClH/c14-13-11-8-5-1-3-7-4-2-6-9(10(7)8)12(11)13;/h1-6,11-13H,14H2;1H. The first kappa shape index (κ1) is 9.20. The SMILES string of the molecule is Cl.NC1C2c3cccc4cccc(c34)C12. The van der Waals surface area contributed by atoms with E-state index in [1.54, 1.807) is 0 Å². The number of rotatable bonds is 0. The van der Waals surface area contributed by atoms with Crippen LogP contribution in [0.15, 0.2) is 36.4 Å². The monoisotopic (exact) mass is 217 g/mol. The van der Waals surface area contributed by atoms with Gasteiger partial charge in [0.05, 0.1) is 0 Å². The van der Waals surface area contributed by atoms with Crippen molar-refractivity contribution in [2.24, 2.45) is 5.73 Å². The maximum Gasteiger partial charge on any atom is 0.0191 e. The second-order valence-corrected chi connectivity index (χ2v) is 4.42. The van der Waals surface area contributed by atoms with Gasteiger partial charge >= 0.3 is 0 Å². The number of halogens is 1. The van der Waals surface area contributed by atoms with Gasteiger partial charge in [0.2, 0.25) is 0 Å². The molecule has 2 unspecified atom stereocenters. The van der Waals surface area contributed by atoms with Crippen molar-refractivity contribution in [2.75, 3.05) is 0 Å². The number of hydrogen-bond donors (Lipinski definition) is 1. The first-order chi connectivity index (χ1) is 6.88. The van der Waals surface area contributed by atoms with Gasteiger partial charge in [-0.2, -0.15) is 0 Å². The van der Waals surface area contributed by atoms with E-state index in [1.807, 2.05) is 0 Å². The van der Waals surface area contributed by atoms with E-state index >= 15 is 0 Å². The van der Waals surface area contributed by atoms with Crippen LogP contribution in [-0.4, -0.2) is 6.04 Å². The summed E-state index contributed by atoms with van der Waals surface area (Å²) in [5.74, 6) is 1.24. The molecule has 2 atom stereocenters. The molecule has 15 heavy (non-hydrogen) atoms. The van der Waals surface area contributed by atoms with Gasteiger partial charge in [0.25, 0.3) is 0 Å². The minimum absolute atomic E-state index is 0. The summed E-state index contributed by atoms with van der Waals surface area (Å²) >= 11 is 0. The van der Waals surface area contributed by atoms with E-state index in [2.05, 4.69) is 36.4 Å². The Kier molecular flexibility index (Phi) is 1.68. The number of hydrogen-bond acceptors (Lipinski definition) is 1. The Labute approximate surface area is 94.7 Å². The highest BCUT2D eigenvalue weighted by Gasteiger charge is 2.54. The van der Waals surface area contributed by atoms with E-state index in [0.717, 1.165) is 0 Å². The zero-order chi connectivity index (χ0) is 9.28. The van der Waals surface area contributed by atoms with Gasteiger partial charge in [-0.1, -0.05) is 36.4 Å². The Balaban J connectivity index is 0.000000722. The van der Waals surface area contributed by atoms with E-state index in [-0.39, 0.29) is 12.4 Å². The zero-order valence-corrected chi connectivity index (χ0v) is 9.00. The topological polar surface area (TPSA) is 26.0 Å². The Morgan fingerprint density at radius 2 is 1.40 bits per heavy atom. The molecule has 2 N–H and O–H groups in total. The highest BCUT2D eigenvalue weighted by molar-refractivity contribution is 5.94. The van der Waals surface area contributed by atoms with E-state index in [4.69, 9.17) is 5.73 Å². The van der Waals surface area contributed by atoms with E-state index in [1.165, 1.54) is 21.9 Å². The minimum atomic E-state index is 0. The Hall–Kier alpha value is -1.05. The number of fused-ring (bicyclic) bond motifs is 3. The van der Waals surface area contributed by atoms with Gasteiger partial charge in [-0.15, -0.1) is 12.4 Å². The molecule has 0 aliphatic heterocycles. The van der Waals surface area contributed by atoms with Gasteiger partial charge in [0.1, 0.15) is 0 Å². The van der Waals surface area contributed by atoms with Crippen LogP contribution in [0.4, 0.5) is 0 Å². The maximum absolute atomic E-state index is 6.06. The van der Waals surface area contributed by atoms with Crippen LogP contribution in [0.1, 0.15) is 23.0 Å². The summed E-state index contributed by atoms with van der Waals surface area (Å²) in [6, 6.07) is 13.5. The molecule has 2 aliphatic carbocycles. The predicted molar refractivity (Wildman–Crippen MR) is 64.7 cm³/mol. The van der Waals surface area contributed by atoms with Gasteiger partial charge in [0.15, 0.2) is 0 Å². The summed E-state index contributed by atoms with van der Waals surface area (Å²) in [6.45, 7) is 0. The number of nitrogens with two attached hydrogens (primary N) is 1. The Bertz CT molecular complexity index is 504. The van der Waals surface area contributed by atoms with Crippen LogP contribution in [0.3, 0.4) is 0 Å². The molecule has 0 saturated heterocycles. The summed E-state index contributed by atoms with van der Waals surface area (Å²) in [5, 5.41) is 2.85. The highest BCUT2D eigenvalue weighted by Crippen LogP contribution is 2.61. The van der Waals surface area contributed by atoms with Crippen molar-refractivity contribution in [3.63, 3.8) is 0 Å². The molecule has 0 aromatic heterocycles. The molecule has 0 radical (unpaired) electrons. The number of benzene rings is 2. The van der Waals surface area contributed by atoms with Crippen molar-refractivity contribution >= 4 is 23.2 Å². The quantitative estimate of drug-likeness (QED) is 0.722. The average molecular weight is 218 g/mol. The van der Waals surface area contributed by atoms with E-state index in [0.29, 0.717) is 17.9 Å². The molecule has 2 aliphatic rings. The normalized spacial score (nSPS) is 29.8. The first-order valence-corrected chi connectivity index (χ1v) is 5.15. The van der Waals surface area contributed by atoms with Crippen LogP contribution in [0.5, 0.6) is 0 Å². The van der Waals surface area contributed by atoms with Crippen LogP contribution in [0, 0.1) is 0 Å². The van der Waals surface area contributed by atoms with E-state index in [9.17, 15) is 0 Å². The van der Waals surface area contributed by atoms with E-state index < -0.39 is 0 Å². The highest BCUT2D eigenvalue weighted by atomic mass is 35.5. The molecule has 1 nitrogen and oxygen atoms in total. The van der Waals surface area contributed by atoms with Crippen molar-refractivity contribution in [2.45, 2.75) is 17.9 Å².